The molecule has 0 spiro atoms. The van der Waals surface area contributed by atoms with Crippen molar-refractivity contribution in [1.29, 1.82) is 0 Å². The Bertz CT molecular complexity index is 703. The van der Waals surface area contributed by atoms with Gasteiger partial charge in [0.1, 0.15) is 10.6 Å². The molecule has 21 heavy (non-hydrogen) atoms. The number of hydrogen-bond acceptors (Lipinski definition) is 5. The van der Waals surface area contributed by atoms with E-state index >= 15 is 0 Å². The molecule has 2 heterocycles. The molecule has 0 saturated carbocycles. The molecule has 114 valence electrons. The van der Waals surface area contributed by atoms with Crippen LogP contribution in [0.15, 0.2) is 39.2 Å². The van der Waals surface area contributed by atoms with E-state index in [-0.39, 0.29) is 15.8 Å². The lowest BCUT2D eigenvalue weighted by Gasteiger charge is -2.12. The molecule has 2 N–H and O–H groups in total. The van der Waals surface area contributed by atoms with Gasteiger partial charge in [0.15, 0.2) is 0 Å². The number of sulfonamides is 1. The minimum absolute atomic E-state index is 0.00128. The number of nitrogens with one attached hydrogen (secondary N) is 1. The second kappa shape index (κ2) is 6.42. The van der Waals surface area contributed by atoms with Crippen LogP contribution < -0.4 is 4.72 Å². The second-order valence-electron chi connectivity index (χ2n) is 4.59. The minimum atomic E-state index is -3.70. The quantitative estimate of drug-likeness (QED) is 0.812. The molecule has 0 amide bonds. The summed E-state index contributed by atoms with van der Waals surface area (Å²) in [6.45, 7) is 1.75. The zero-order valence-corrected chi connectivity index (χ0v) is 12.9. The van der Waals surface area contributed by atoms with Crippen LogP contribution in [-0.4, -0.2) is 25.5 Å². The molecule has 2 aromatic rings. The van der Waals surface area contributed by atoms with Gasteiger partial charge in [0, 0.05) is 17.8 Å². The fourth-order valence-electron chi connectivity index (χ4n) is 1.78. The van der Waals surface area contributed by atoms with Gasteiger partial charge in [0.25, 0.3) is 0 Å². The van der Waals surface area contributed by atoms with Crippen LogP contribution in [0.4, 0.5) is 0 Å². The van der Waals surface area contributed by atoms with Crippen molar-refractivity contribution >= 4 is 27.3 Å². The average molecular weight is 329 g/mol. The maximum atomic E-state index is 12.1. The summed E-state index contributed by atoms with van der Waals surface area (Å²) < 4.78 is 32.0. The number of carbonyl (C=O) groups is 1. The van der Waals surface area contributed by atoms with Crippen LogP contribution in [0.2, 0.25) is 0 Å². The van der Waals surface area contributed by atoms with Gasteiger partial charge in [0.05, 0.1) is 11.2 Å². The van der Waals surface area contributed by atoms with E-state index in [1.54, 1.807) is 19.3 Å². The molecule has 0 saturated heterocycles. The highest BCUT2D eigenvalue weighted by Crippen LogP contribution is 2.19. The van der Waals surface area contributed by atoms with Crippen LogP contribution in [-0.2, 0) is 16.4 Å². The topological polar surface area (TPSA) is 96.6 Å². The van der Waals surface area contributed by atoms with Gasteiger partial charge < -0.3 is 9.52 Å². The summed E-state index contributed by atoms with van der Waals surface area (Å²) in [5.74, 6) is -0.336. The molecule has 0 aliphatic heterocycles. The van der Waals surface area contributed by atoms with Crippen LogP contribution in [0.1, 0.15) is 28.8 Å². The van der Waals surface area contributed by atoms with Gasteiger partial charge in [-0.3, -0.25) is 0 Å². The maximum Gasteiger partial charge on any atom is 0.345 e. The third-order valence-electron chi connectivity index (χ3n) is 2.86. The van der Waals surface area contributed by atoms with Crippen molar-refractivity contribution in [3.05, 3.63) is 40.5 Å². The average Bonchev–Trinajstić information content (AvgIpc) is 3.07. The summed E-state index contributed by atoms with van der Waals surface area (Å²) in [4.78, 5) is 10.8. The predicted octanol–water partition coefficient (Wildman–Crippen LogP) is 2.34. The first-order valence-corrected chi connectivity index (χ1v) is 8.61. The lowest BCUT2D eigenvalue weighted by molar-refractivity contribution is 0.0702. The Labute approximate surface area is 126 Å². The van der Waals surface area contributed by atoms with Crippen molar-refractivity contribution < 1.29 is 22.7 Å². The summed E-state index contributed by atoms with van der Waals surface area (Å²) >= 11 is 0.889. The molecule has 6 nitrogen and oxygen atoms in total. The first-order valence-electron chi connectivity index (χ1n) is 6.25. The monoisotopic (exact) mass is 329 g/mol. The van der Waals surface area contributed by atoms with Gasteiger partial charge in [-0.05, 0) is 31.5 Å². The highest BCUT2D eigenvalue weighted by Gasteiger charge is 2.20. The number of rotatable bonds is 7. The SMILES string of the molecule is CC(CCc1ccco1)NS(=O)(=O)c1csc(C(=O)O)c1. The van der Waals surface area contributed by atoms with E-state index in [9.17, 15) is 13.2 Å². The normalized spacial score (nSPS) is 13.2. The zero-order valence-electron chi connectivity index (χ0n) is 11.3. The van der Waals surface area contributed by atoms with Crippen LogP contribution in [0, 0.1) is 0 Å². The van der Waals surface area contributed by atoms with Crippen molar-refractivity contribution in [3.8, 4) is 0 Å². The predicted molar refractivity (Wildman–Crippen MR) is 78.1 cm³/mol. The van der Waals surface area contributed by atoms with Gasteiger partial charge in [-0.2, -0.15) is 0 Å². The van der Waals surface area contributed by atoms with E-state index in [0.717, 1.165) is 23.2 Å². The van der Waals surface area contributed by atoms with E-state index in [1.165, 1.54) is 5.38 Å². The summed E-state index contributed by atoms with van der Waals surface area (Å²) in [7, 11) is -3.70. The number of furan rings is 1. The molecule has 2 rings (SSSR count). The van der Waals surface area contributed by atoms with Crippen molar-refractivity contribution in [2.24, 2.45) is 0 Å². The van der Waals surface area contributed by atoms with Gasteiger partial charge >= 0.3 is 5.97 Å². The molecule has 0 aromatic carbocycles. The van der Waals surface area contributed by atoms with E-state index in [4.69, 9.17) is 9.52 Å². The molecule has 0 aliphatic carbocycles. The Morgan fingerprint density at radius 2 is 2.29 bits per heavy atom. The van der Waals surface area contributed by atoms with E-state index in [2.05, 4.69) is 4.72 Å². The lowest BCUT2D eigenvalue weighted by Crippen LogP contribution is -2.32. The zero-order chi connectivity index (χ0) is 15.5. The Morgan fingerprint density at radius 3 is 2.86 bits per heavy atom. The second-order valence-corrected chi connectivity index (χ2v) is 7.22. The van der Waals surface area contributed by atoms with Gasteiger partial charge in [-0.1, -0.05) is 0 Å². The Hall–Kier alpha value is -1.64. The molecule has 1 atom stereocenters. The molecule has 0 bridgehead atoms. The number of aromatic carboxylic acids is 1. The highest BCUT2D eigenvalue weighted by molar-refractivity contribution is 7.89. The number of carboxylic acids is 1. The molecule has 2 aromatic heterocycles. The highest BCUT2D eigenvalue weighted by atomic mass is 32.2. The van der Waals surface area contributed by atoms with Crippen molar-refractivity contribution in [2.45, 2.75) is 30.7 Å². The van der Waals surface area contributed by atoms with Crippen LogP contribution in [0.3, 0.4) is 0 Å². The van der Waals surface area contributed by atoms with Crippen molar-refractivity contribution in [3.63, 3.8) is 0 Å². The van der Waals surface area contributed by atoms with Crippen molar-refractivity contribution in [1.82, 2.24) is 4.72 Å². The van der Waals surface area contributed by atoms with Crippen molar-refractivity contribution in [2.75, 3.05) is 0 Å². The summed E-state index contributed by atoms with van der Waals surface area (Å²) in [6, 6.07) is 4.49. The van der Waals surface area contributed by atoms with E-state index in [1.807, 2.05) is 6.07 Å². The molecule has 0 aliphatic rings. The third-order valence-corrected chi connectivity index (χ3v) is 5.49. The van der Waals surface area contributed by atoms with Crippen LogP contribution in [0.25, 0.3) is 0 Å². The summed E-state index contributed by atoms with van der Waals surface area (Å²) in [6.07, 6.45) is 2.78. The smallest absolute Gasteiger partial charge is 0.345 e. The third kappa shape index (κ3) is 4.16. The Morgan fingerprint density at radius 1 is 1.52 bits per heavy atom. The summed E-state index contributed by atoms with van der Waals surface area (Å²) in [5, 5.41) is 10.1. The first kappa shape index (κ1) is 15.7. The summed E-state index contributed by atoms with van der Waals surface area (Å²) in [5.41, 5.74) is 0. The molecular formula is C13H15NO5S2. The Balaban J connectivity index is 1.97. The molecule has 8 heteroatoms. The molecule has 1 unspecified atom stereocenters. The fourth-order valence-corrected chi connectivity index (χ4v) is 4.17. The van der Waals surface area contributed by atoms with Crippen LogP contribution >= 0.6 is 11.3 Å². The molecule has 0 fully saturated rings. The van der Waals surface area contributed by atoms with Crippen LogP contribution in [0.5, 0.6) is 0 Å². The van der Waals surface area contributed by atoms with E-state index in [0.29, 0.717) is 12.8 Å². The largest absolute Gasteiger partial charge is 0.477 e. The number of hydrogen-bond donors (Lipinski definition) is 2. The standard InChI is InChI=1S/C13H15NO5S2/c1-9(4-5-10-3-2-6-19-10)14-21(17,18)11-7-12(13(15)16)20-8-11/h2-3,6-9,14H,4-5H2,1H3,(H,15,16). The molecular weight excluding hydrogens is 314 g/mol. The lowest BCUT2D eigenvalue weighted by atomic mass is 10.2. The maximum absolute atomic E-state index is 12.1. The number of thiophene rings is 1. The fraction of sp³-hybridized carbons (Fsp3) is 0.308. The van der Waals surface area contributed by atoms with Gasteiger partial charge in [-0.25, -0.2) is 17.9 Å². The minimum Gasteiger partial charge on any atom is -0.477 e. The Kier molecular flexibility index (Phi) is 4.81. The number of aryl methyl sites for hydroxylation is 1. The van der Waals surface area contributed by atoms with E-state index < -0.39 is 16.0 Å². The first-order chi connectivity index (χ1) is 9.88. The number of carboxylic acid groups (broad SMARTS) is 1. The molecule has 0 radical (unpaired) electrons. The van der Waals surface area contributed by atoms with Gasteiger partial charge in [-0.15, -0.1) is 11.3 Å². The van der Waals surface area contributed by atoms with Gasteiger partial charge in [0.2, 0.25) is 10.0 Å².